The Morgan fingerprint density at radius 1 is 1.10 bits per heavy atom. The molecule has 2 aromatic carbocycles. The van der Waals surface area contributed by atoms with E-state index in [0.717, 1.165) is 23.8 Å². The van der Waals surface area contributed by atoms with Crippen molar-refractivity contribution in [3.05, 3.63) is 65.0 Å². The van der Waals surface area contributed by atoms with Gasteiger partial charge in [-0.1, -0.05) is 24.3 Å². The zero-order valence-corrected chi connectivity index (χ0v) is 16.6. The van der Waals surface area contributed by atoms with E-state index in [1.807, 2.05) is 12.1 Å². The first kappa shape index (κ1) is 20.2. The molecule has 7 heteroatoms. The number of fused-ring (bicyclic) bond motifs is 2. The molecule has 1 heterocycles. The molecule has 3 aromatic rings. The number of carbonyl (C=O) groups is 2. The Balaban J connectivity index is 1.40. The molecule has 0 amide bonds. The molecule has 1 aromatic heterocycles. The fraction of sp³-hybridized carbons (Fsp3) is 0.348. The van der Waals surface area contributed by atoms with E-state index in [1.165, 1.54) is 18.1 Å². The molecule has 1 aliphatic carbocycles. The summed E-state index contributed by atoms with van der Waals surface area (Å²) < 4.78 is 33.2. The van der Waals surface area contributed by atoms with Gasteiger partial charge in [0.05, 0.1) is 17.5 Å². The molecule has 0 radical (unpaired) electrons. The van der Waals surface area contributed by atoms with Gasteiger partial charge in [0.15, 0.2) is 17.7 Å². The van der Waals surface area contributed by atoms with Crippen molar-refractivity contribution >= 4 is 22.8 Å². The van der Waals surface area contributed by atoms with Crippen LogP contribution in [0.2, 0.25) is 0 Å². The number of halogens is 2. The number of esters is 1. The molecule has 1 unspecified atom stereocenters. The van der Waals surface area contributed by atoms with Gasteiger partial charge in [0, 0.05) is 12.0 Å². The summed E-state index contributed by atoms with van der Waals surface area (Å²) in [5, 5.41) is 0. The number of alkyl halides is 2. The molecule has 4 rings (SSSR count). The van der Waals surface area contributed by atoms with E-state index in [4.69, 9.17) is 4.74 Å². The van der Waals surface area contributed by atoms with Crippen LogP contribution in [0.3, 0.4) is 0 Å². The lowest BCUT2D eigenvalue weighted by molar-refractivity contribution is -0.149. The lowest BCUT2D eigenvalue weighted by Gasteiger charge is -2.15. The van der Waals surface area contributed by atoms with Crippen molar-refractivity contribution in [2.75, 3.05) is 0 Å². The van der Waals surface area contributed by atoms with Gasteiger partial charge in [0.1, 0.15) is 0 Å². The van der Waals surface area contributed by atoms with Gasteiger partial charge in [0.25, 0.3) is 0 Å². The highest BCUT2D eigenvalue weighted by Crippen LogP contribution is 2.28. The topological polar surface area (TPSA) is 61.2 Å². The number of imidazole rings is 1. The van der Waals surface area contributed by atoms with E-state index >= 15 is 0 Å². The average Bonchev–Trinajstić information content (AvgIpc) is 3.35. The van der Waals surface area contributed by atoms with E-state index < -0.39 is 18.6 Å². The van der Waals surface area contributed by atoms with Crippen LogP contribution in [0.1, 0.15) is 66.1 Å². The Bertz CT molecular complexity index is 1110. The molecule has 0 saturated heterocycles. The summed E-state index contributed by atoms with van der Waals surface area (Å²) in [4.78, 5) is 28.9. The predicted molar refractivity (Wildman–Crippen MR) is 108 cm³/mol. The van der Waals surface area contributed by atoms with E-state index in [2.05, 4.69) is 4.98 Å². The van der Waals surface area contributed by atoms with Crippen LogP contribution < -0.4 is 0 Å². The van der Waals surface area contributed by atoms with Gasteiger partial charge < -0.3 is 4.74 Å². The van der Waals surface area contributed by atoms with Crippen LogP contribution in [0.5, 0.6) is 0 Å². The Hall–Kier alpha value is -3.09. The third kappa shape index (κ3) is 3.97. The standard InChI is InChI=1S/C23H22F2N2O3/c1-14(22-26-18-7-2-3-8-19(18)27(22)23(24)25)30-21(29)12-11-20(28)17-10-9-15-5-4-6-16(15)13-17/h2-3,7-10,13-14,23H,4-6,11-12H2,1H3. The SMILES string of the molecule is CC(OC(=O)CCC(=O)c1ccc2c(c1)CCC2)c1nc2ccccc2n1C(F)F. The maximum absolute atomic E-state index is 13.6. The second-order valence-electron chi connectivity index (χ2n) is 7.50. The second kappa shape index (κ2) is 8.34. The number of ether oxygens (including phenoxy) is 1. The number of hydrogen-bond acceptors (Lipinski definition) is 4. The Labute approximate surface area is 172 Å². The molecule has 0 bridgehead atoms. The van der Waals surface area contributed by atoms with Crippen molar-refractivity contribution in [2.45, 2.75) is 51.7 Å². The third-order valence-electron chi connectivity index (χ3n) is 5.47. The fourth-order valence-corrected chi connectivity index (χ4v) is 3.97. The van der Waals surface area contributed by atoms with Gasteiger partial charge in [-0.2, -0.15) is 8.78 Å². The van der Waals surface area contributed by atoms with Gasteiger partial charge in [-0.3, -0.25) is 14.2 Å². The van der Waals surface area contributed by atoms with Crippen LogP contribution in [0, 0.1) is 0 Å². The number of nitrogens with zero attached hydrogens (tertiary/aromatic N) is 2. The summed E-state index contributed by atoms with van der Waals surface area (Å²) in [7, 11) is 0. The Morgan fingerprint density at radius 3 is 2.67 bits per heavy atom. The number of hydrogen-bond donors (Lipinski definition) is 0. The normalized spacial score (nSPS) is 14.1. The molecule has 1 atom stereocenters. The number of aryl methyl sites for hydroxylation is 2. The maximum Gasteiger partial charge on any atom is 0.320 e. The second-order valence-corrected chi connectivity index (χ2v) is 7.50. The van der Waals surface area contributed by atoms with Crippen LogP contribution in [0.15, 0.2) is 42.5 Å². The number of ketones is 1. The summed E-state index contributed by atoms with van der Waals surface area (Å²) in [6.07, 6.45) is 2.04. The molecule has 5 nitrogen and oxygen atoms in total. The molecule has 30 heavy (non-hydrogen) atoms. The zero-order valence-electron chi connectivity index (χ0n) is 16.6. The minimum atomic E-state index is -2.81. The first-order chi connectivity index (χ1) is 14.4. The highest BCUT2D eigenvalue weighted by molar-refractivity contribution is 5.97. The summed E-state index contributed by atoms with van der Waals surface area (Å²) in [5.74, 6) is -0.775. The van der Waals surface area contributed by atoms with Crippen molar-refractivity contribution in [3.63, 3.8) is 0 Å². The quantitative estimate of drug-likeness (QED) is 0.396. The van der Waals surface area contributed by atoms with Gasteiger partial charge in [0.2, 0.25) is 0 Å². The minimum absolute atomic E-state index is 0.00953. The molecule has 1 aliphatic rings. The van der Waals surface area contributed by atoms with Crippen LogP contribution in [-0.2, 0) is 22.4 Å². The summed E-state index contributed by atoms with van der Waals surface area (Å²) >= 11 is 0. The predicted octanol–water partition coefficient (Wildman–Crippen LogP) is 5.19. The first-order valence-corrected chi connectivity index (χ1v) is 10.0. The summed E-state index contributed by atoms with van der Waals surface area (Å²) in [6.45, 7) is -1.31. The number of carbonyl (C=O) groups excluding carboxylic acids is 2. The van der Waals surface area contributed by atoms with Crippen molar-refractivity contribution in [1.29, 1.82) is 0 Å². The Morgan fingerprint density at radius 2 is 1.87 bits per heavy atom. The number of aromatic nitrogens is 2. The van der Waals surface area contributed by atoms with Gasteiger partial charge in [-0.15, -0.1) is 0 Å². The van der Waals surface area contributed by atoms with Crippen molar-refractivity contribution in [2.24, 2.45) is 0 Å². The maximum atomic E-state index is 13.6. The lowest BCUT2D eigenvalue weighted by Crippen LogP contribution is -2.15. The summed E-state index contributed by atoms with van der Waals surface area (Å²) in [5.41, 5.74) is 3.75. The van der Waals surface area contributed by atoms with Crippen LogP contribution in [-0.4, -0.2) is 21.3 Å². The number of Topliss-reactive ketones (excluding diaryl/α,β-unsaturated/α-hetero) is 1. The largest absolute Gasteiger partial charge is 0.454 e. The molecule has 0 saturated carbocycles. The molecule has 0 N–H and O–H groups in total. The smallest absolute Gasteiger partial charge is 0.320 e. The highest BCUT2D eigenvalue weighted by Gasteiger charge is 2.24. The van der Waals surface area contributed by atoms with Crippen LogP contribution in [0.4, 0.5) is 8.78 Å². The number of benzene rings is 2. The first-order valence-electron chi connectivity index (χ1n) is 10.0. The van der Waals surface area contributed by atoms with Crippen LogP contribution >= 0.6 is 0 Å². The molecule has 0 fully saturated rings. The molecule has 156 valence electrons. The van der Waals surface area contributed by atoms with E-state index in [0.29, 0.717) is 11.1 Å². The third-order valence-corrected chi connectivity index (χ3v) is 5.47. The summed E-state index contributed by atoms with van der Waals surface area (Å²) in [6, 6.07) is 12.2. The lowest BCUT2D eigenvalue weighted by atomic mass is 10.0. The van der Waals surface area contributed by atoms with Crippen molar-refractivity contribution < 1.29 is 23.1 Å². The Kier molecular flexibility index (Phi) is 5.61. The zero-order chi connectivity index (χ0) is 21.3. The molecule has 0 aliphatic heterocycles. The van der Waals surface area contributed by atoms with Crippen molar-refractivity contribution in [3.8, 4) is 0 Å². The number of rotatable bonds is 7. The minimum Gasteiger partial charge on any atom is -0.454 e. The van der Waals surface area contributed by atoms with Crippen molar-refractivity contribution in [1.82, 2.24) is 9.55 Å². The van der Waals surface area contributed by atoms with Gasteiger partial charge in [-0.05, 0) is 55.5 Å². The van der Waals surface area contributed by atoms with Gasteiger partial charge in [-0.25, -0.2) is 4.98 Å². The van der Waals surface area contributed by atoms with E-state index in [9.17, 15) is 18.4 Å². The fourth-order valence-electron chi connectivity index (χ4n) is 3.97. The molecular formula is C23H22F2N2O3. The highest BCUT2D eigenvalue weighted by atomic mass is 19.3. The van der Waals surface area contributed by atoms with Crippen LogP contribution in [0.25, 0.3) is 11.0 Å². The van der Waals surface area contributed by atoms with E-state index in [1.54, 1.807) is 30.3 Å². The average molecular weight is 412 g/mol. The molecule has 0 spiro atoms. The molecular weight excluding hydrogens is 390 g/mol. The van der Waals surface area contributed by atoms with Gasteiger partial charge >= 0.3 is 12.5 Å². The number of para-hydroxylation sites is 2. The monoisotopic (exact) mass is 412 g/mol. The van der Waals surface area contributed by atoms with E-state index in [-0.39, 0.29) is 30.0 Å².